The van der Waals surface area contributed by atoms with E-state index in [4.69, 9.17) is 9.47 Å². The Hall–Kier alpha value is -2.83. The molecule has 0 saturated carbocycles. The normalized spacial score (nSPS) is 23.6. The summed E-state index contributed by atoms with van der Waals surface area (Å²) >= 11 is 0. The van der Waals surface area contributed by atoms with Crippen LogP contribution in [-0.4, -0.2) is 31.8 Å². The Morgan fingerprint density at radius 3 is 2.37 bits per heavy atom. The van der Waals surface area contributed by atoms with Crippen LogP contribution in [-0.2, 0) is 14.4 Å². The molecule has 3 rings (SSSR count). The number of piperidine rings is 1. The number of carbonyl (C=O) groups is 3. The second-order valence-corrected chi connectivity index (χ2v) is 7.66. The number of ketones is 1. The van der Waals surface area contributed by atoms with Crippen molar-refractivity contribution < 1.29 is 23.9 Å². The first-order chi connectivity index (χ1) is 12.7. The van der Waals surface area contributed by atoms with Crippen molar-refractivity contribution in [1.29, 1.82) is 0 Å². The molecule has 1 aliphatic carbocycles. The monoisotopic (exact) mass is 372 g/mol. The van der Waals surface area contributed by atoms with E-state index in [1.165, 1.54) is 14.2 Å². The van der Waals surface area contributed by atoms with Crippen LogP contribution in [0.2, 0.25) is 0 Å². The van der Waals surface area contributed by atoms with Crippen LogP contribution in [0.25, 0.3) is 0 Å². The van der Waals surface area contributed by atoms with Crippen LogP contribution in [0, 0.1) is 17.3 Å². The Morgan fingerprint density at radius 2 is 1.78 bits per heavy atom. The van der Waals surface area contributed by atoms with Crippen LogP contribution in [0.15, 0.2) is 30.0 Å². The zero-order valence-corrected chi connectivity index (χ0v) is 15.9. The van der Waals surface area contributed by atoms with Crippen molar-refractivity contribution in [2.24, 2.45) is 17.3 Å². The fourth-order valence-electron chi connectivity index (χ4n) is 3.74. The predicted octanol–water partition coefficient (Wildman–Crippen LogP) is 2.28. The average Bonchev–Trinajstić information content (AvgIpc) is 2.58. The first-order valence-electron chi connectivity index (χ1n) is 8.81. The minimum Gasteiger partial charge on any atom is -0.497 e. The van der Waals surface area contributed by atoms with E-state index in [9.17, 15) is 14.4 Å². The largest absolute Gasteiger partial charge is 0.497 e. The first kappa shape index (κ1) is 18.9. The molecule has 2 atom stereocenters. The fourth-order valence-corrected chi connectivity index (χ4v) is 3.74. The van der Waals surface area contributed by atoms with E-state index >= 15 is 0 Å². The summed E-state index contributed by atoms with van der Waals surface area (Å²) in [5.74, 6) is -0.963. The minimum absolute atomic E-state index is 0.0267. The summed E-state index contributed by atoms with van der Waals surface area (Å²) in [6, 6.07) is 5.01. The Balaban J connectivity index is 1.88. The maximum absolute atomic E-state index is 12.9. The molecular formula is C20H24N2O5. The van der Waals surface area contributed by atoms with Crippen LogP contribution in [0.5, 0.6) is 11.5 Å². The lowest BCUT2D eigenvalue weighted by Gasteiger charge is -2.38. The number of nitrogens with one attached hydrogen (secondary N) is 2. The fraction of sp³-hybridized carbons (Fsp3) is 0.450. The van der Waals surface area contributed by atoms with Gasteiger partial charge in [-0.15, -0.1) is 0 Å². The Kier molecular flexibility index (Phi) is 4.95. The molecule has 1 heterocycles. The van der Waals surface area contributed by atoms with E-state index in [-0.39, 0.29) is 29.4 Å². The van der Waals surface area contributed by atoms with Crippen molar-refractivity contribution in [1.82, 2.24) is 5.32 Å². The zero-order valence-electron chi connectivity index (χ0n) is 15.9. The first-order valence-corrected chi connectivity index (χ1v) is 8.81. The summed E-state index contributed by atoms with van der Waals surface area (Å²) in [6.45, 7) is 3.87. The highest BCUT2D eigenvalue weighted by atomic mass is 16.5. The average molecular weight is 372 g/mol. The maximum Gasteiger partial charge on any atom is 0.229 e. The van der Waals surface area contributed by atoms with Crippen molar-refractivity contribution in [2.45, 2.75) is 26.7 Å². The Morgan fingerprint density at radius 1 is 1.15 bits per heavy atom. The van der Waals surface area contributed by atoms with Crippen molar-refractivity contribution in [3.05, 3.63) is 30.0 Å². The highest BCUT2D eigenvalue weighted by molar-refractivity contribution is 6.02. The highest BCUT2D eigenvalue weighted by Gasteiger charge is 2.45. The molecule has 0 radical (unpaired) electrons. The van der Waals surface area contributed by atoms with Crippen molar-refractivity contribution >= 4 is 23.3 Å². The Bertz CT molecular complexity index is 805. The molecule has 1 fully saturated rings. The number of hydrogen-bond donors (Lipinski definition) is 2. The molecule has 1 saturated heterocycles. The minimum atomic E-state index is -0.745. The second-order valence-electron chi connectivity index (χ2n) is 7.66. The number of carbonyl (C=O) groups excluding carboxylic acids is 3. The quantitative estimate of drug-likeness (QED) is 0.846. The van der Waals surface area contributed by atoms with Crippen LogP contribution in [0.4, 0.5) is 5.69 Å². The number of methoxy groups -OCH3 is 2. The van der Waals surface area contributed by atoms with E-state index in [0.717, 1.165) is 0 Å². The van der Waals surface area contributed by atoms with Crippen molar-refractivity contribution in [3.63, 3.8) is 0 Å². The summed E-state index contributed by atoms with van der Waals surface area (Å²) in [7, 11) is 3.04. The van der Waals surface area contributed by atoms with Crippen LogP contribution in [0.3, 0.4) is 0 Å². The number of ether oxygens (including phenoxy) is 2. The predicted molar refractivity (Wildman–Crippen MR) is 99.4 cm³/mol. The van der Waals surface area contributed by atoms with E-state index in [0.29, 0.717) is 29.3 Å². The maximum atomic E-state index is 12.9. The molecule has 1 aliphatic heterocycles. The number of rotatable bonds is 4. The van der Waals surface area contributed by atoms with Crippen LogP contribution in [0.1, 0.15) is 26.7 Å². The van der Waals surface area contributed by atoms with Crippen LogP contribution >= 0.6 is 0 Å². The van der Waals surface area contributed by atoms with Gasteiger partial charge in [0.15, 0.2) is 0 Å². The molecule has 27 heavy (non-hydrogen) atoms. The molecule has 2 amide bonds. The molecular weight excluding hydrogens is 348 g/mol. The summed E-state index contributed by atoms with van der Waals surface area (Å²) in [5.41, 5.74) is 0.682. The van der Waals surface area contributed by atoms with Gasteiger partial charge in [-0.2, -0.15) is 0 Å². The summed E-state index contributed by atoms with van der Waals surface area (Å²) in [5, 5.41) is 5.57. The molecule has 0 bridgehead atoms. The van der Waals surface area contributed by atoms with Gasteiger partial charge in [-0.25, -0.2) is 0 Å². The standard InChI is InChI=1S/C20H24N2O5/c1-20(2)9-15-18(16(23)10-20)14(8-17(24)22-15)19(25)21-11-5-12(26-3)7-13(6-11)27-4/h5-7,9,14,18H,8,10H2,1-4H3,(H,21,25)(H,22,24)/t14-,18-/m1/s1. The number of Topliss-reactive ketones (excluding diaryl/α,β-unsaturated/α-hetero) is 1. The molecule has 7 heteroatoms. The third-order valence-electron chi connectivity index (χ3n) is 4.91. The van der Waals surface area contributed by atoms with Gasteiger partial charge in [0.25, 0.3) is 0 Å². The van der Waals surface area contributed by atoms with Gasteiger partial charge in [-0.05, 0) is 5.41 Å². The second kappa shape index (κ2) is 7.06. The van der Waals surface area contributed by atoms with Gasteiger partial charge < -0.3 is 20.1 Å². The van der Waals surface area contributed by atoms with Gasteiger partial charge in [0.2, 0.25) is 11.8 Å². The lowest BCUT2D eigenvalue weighted by atomic mass is 9.69. The number of amides is 2. The molecule has 0 aromatic heterocycles. The van der Waals surface area contributed by atoms with E-state index in [2.05, 4.69) is 10.6 Å². The molecule has 1 aromatic rings. The van der Waals surface area contributed by atoms with Gasteiger partial charge in [-0.1, -0.05) is 19.9 Å². The third kappa shape index (κ3) is 3.97. The van der Waals surface area contributed by atoms with Gasteiger partial charge in [0.1, 0.15) is 17.3 Å². The van der Waals surface area contributed by atoms with E-state index < -0.39 is 11.8 Å². The van der Waals surface area contributed by atoms with Gasteiger partial charge in [-0.3, -0.25) is 14.4 Å². The van der Waals surface area contributed by atoms with E-state index in [1.54, 1.807) is 18.2 Å². The molecule has 144 valence electrons. The number of anilines is 1. The number of hydrogen-bond acceptors (Lipinski definition) is 5. The molecule has 2 N–H and O–H groups in total. The molecule has 7 nitrogen and oxygen atoms in total. The summed E-state index contributed by atoms with van der Waals surface area (Å²) in [4.78, 5) is 37.7. The number of allylic oxidation sites excluding steroid dienone is 2. The molecule has 0 unspecified atom stereocenters. The lowest BCUT2D eigenvalue weighted by Crippen LogP contribution is -2.49. The van der Waals surface area contributed by atoms with Gasteiger partial charge >= 0.3 is 0 Å². The molecule has 2 aliphatic rings. The van der Waals surface area contributed by atoms with Crippen molar-refractivity contribution in [3.8, 4) is 11.5 Å². The molecule has 0 spiro atoms. The van der Waals surface area contributed by atoms with Gasteiger partial charge in [0.05, 0.1) is 26.1 Å². The highest BCUT2D eigenvalue weighted by Crippen LogP contribution is 2.40. The summed E-state index contributed by atoms with van der Waals surface area (Å²) < 4.78 is 10.4. The molecule has 1 aromatic carbocycles. The topological polar surface area (TPSA) is 93.7 Å². The Labute approximate surface area is 158 Å². The smallest absolute Gasteiger partial charge is 0.229 e. The number of benzene rings is 1. The number of fused-ring (bicyclic) bond motifs is 1. The van der Waals surface area contributed by atoms with Gasteiger partial charge in [0, 0.05) is 42.4 Å². The van der Waals surface area contributed by atoms with Crippen LogP contribution < -0.4 is 20.1 Å². The summed E-state index contributed by atoms with van der Waals surface area (Å²) in [6.07, 6.45) is 2.21. The van der Waals surface area contributed by atoms with E-state index in [1.807, 2.05) is 19.9 Å². The van der Waals surface area contributed by atoms with Crippen molar-refractivity contribution in [2.75, 3.05) is 19.5 Å². The lowest BCUT2D eigenvalue weighted by molar-refractivity contribution is -0.136. The zero-order chi connectivity index (χ0) is 19.8. The third-order valence-corrected chi connectivity index (χ3v) is 4.91. The SMILES string of the molecule is COc1cc(NC(=O)[C@@H]2CC(=O)NC3=CC(C)(C)CC(=O)[C@@H]32)cc(OC)c1.